The summed E-state index contributed by atoms with van der Waals surface area (Å²) in [6.07, 6.45) is -0.601. The first-order valence-corrected chi connectivity index (χ1v) is 9.65. The summed E-state index contributed by atoms with van der Waals surface area (Å²) in [6.45, 7) is 1.96. The number of rotatable bonds is 3. The standard InChI is InChI=1S/C24H20N2O4/c1-14-8-4-6-10-17(14)25-22-16-12-13-19(29-2)21(30-3)20(16)24(28)26(22)18-11-7-5-9-15(18)23(25)27/h4-13,22H,1-3H3/t22-/m0/s1. The Morgan fingerprint density at radius 1 is 0.767 bits per heavy atom. The van der Waals surface area contributed by atoms with Gasteiger partial charge in [-0.15, -0.1) is 0 Å². The fraction of sp³-hybridized carbons (Fsp3) is 0.167. The number of amides is 2. The van der Waals surface area contributed by atoms with E-state index in [9.17, 15) is 9.59 Å². The maximum atomic E-state index is 13.7. The summed E-state index contributed by atoms with van der Waals surface area (Å²) in [5, 5.41) is 0. The lowest BCUT2D eigenvalue weighted by atomic mass is 10.0. The van der Waals surface area contributed by atoms with Gasteiger partial charge in [0.15, 0.2) is 11.5 Å². The molecule has 0 bridgehead atoms. The molecule has 1 atom stereocenters. The highest BCUT2D eigenvalue weighted by molar-refractivity contribution is 6.22. The summed E-state index contributed by atoms with van der Waals surface area (Å²) < 4.78 is 11.0. The third-order valence-corrected chi connectivity index (χ3v) is 5.77. The lowest BCUT2D eigenvalue weighted by Gasteiger charge is -2.41. The van der Waals surface area contributed by atoms with Crippen molar-refractivity contribution in [2.45, 2.75) is 13.1 Å². The molecule has 6 heteroatoms. The van der Waals surface area contributed by atoms with Gasteiger partial charge in [-0.3, -0.25) is 19.4 Å². The fourth-order valence-corrected chi connectivity index (χ4v) is 4.42. The maximum Gasteiger partial charge on any atom is 0.264 e. The Labute approximate surface area is 174 Å². The lowest BCUT2D eigenvalue weighted by molar-refractivity contribution is 0.0948. The first-order chi connectivity index (χ1) is 14.6. The predicted octanol–water partition coefficient (Wildman–Crippen LogP) is 4.33. The molecule has 0 fully saturated rings. The first kappa shape index (κ1) is 18.2. The number of para-hydroxylation sites is 2. The second-order valence-corrected chi connectivity index (χ2v) is 7.29. The summed E-state index contributed by atoms with van der Waals surface area (Å²) in [4.78, 5) is 30.7. The molecule has 0 radical (unpaired) electrons. The Hall–Kier alpha value is -3.80. The normalized spacial score (nSPS) is 16.8. The Morgan fingerprint density at radius 3 is 2.13 bits per heavy atom. The highest BCUT2D eigenvalue weighted by Gasteiger charge is 2.50. The van der Waals surface area contributed by atoms with Crippen LogP contribution in [-0.2, 0) is 0 Å². The van der Waals surface area contributed by atoms with Gasteiger partial charge in [0.1, 0.15) is 6.17 Å². The molecule has 0 spiro atoms. The van der Waals surface area contributed by atoms with Gasteiger partial charge in [0.25, 0.3) is 11.8 Å². The highest BCUT2D eigenvalue weighted by Crippen LogP contribution is 2.51. The largest absolute Gasteiger partial charge is 0.493 e. The topological polar surface area (TPSA) is 59.1 Å². The Morgan fingerprint density at radius 2 is 1.43 bits per heavy atom. The molecule has 2 aliphatic heterocycles. The summed E-state index contributed by atoms with van der Waals surface area (Å²) in [5.41, 5.74) is 3.94. The average Bonchev–Trinajstić information content (AvgIpc) is 3.07. The number of benzene rings is 3. The maximum absolute atomic E-state index is 13.7. The molecular weight excluding hydrogens is 380 g/mol. The molecule has 0 saturated carbocycles. The molecule has 0 unspecified atom stereocenters. The number of aryl methyl sites for hydroxylation is 1. The summed E-state index contributed by atoms with van der Waals surface area (Å²) in [7, 11) is 3.05. The van der Waals surface area contributed by atoms with Crippen LogP contribution in [0.5, 0.6) is 11.5 Å². The molecule has 150 valence electrons. The lowest BCUT2D eigenvalue weighted by Crippen LogP contribution is -2.48. The van der Waals surface area contributed by atoms with Crippen molar-refractivity contribution in [1.29, 1.82) is 0 Å². The van der Waals surface area contributed by atoms with Gasteiger partial charge >= 0.3 is 0 Å². The average molecular weight is 400 g/mol. The van der Waals surface area contributed by atoms with E-state index in [1.807, 2.05) is 55.5 Å². The van der Waals surface area contributed by atoms with Crippen LogP contribution in [0, 0.1) is 6.92 Å². The zero-order valence-electron chi connectivity index (χ0n) is 16.9. The number of carbonyl (C=O) groups is 2. The van der Waals surface area contributed by atoms with Crippen LogP contribution in [0.1, 0.15) is 38.0 Å². The number of carbonyl (C=O) groups excluding carboxylic acids is 2. The van der Waals surface area contributed by atoms with Crippen molar-refractivity contribution < 1.29 is 19.1 Å². The van der Waals surface area contributed by atoms with Crippen LogP contribution in [0.4, 0.5) is 11.4 Å². The second kappa shape index (κ2) is 6.62. The summed E-state index contributed by atoms with van der Waals surface area (Å²) >= 11 is 0. The van der Waals surface area contributed by atoms with Crippen LogP contribution in [0.25, 0.3) is 0 Å². The minimum atomic E-state index is -0.601. The van der Waals surface area contributed by atoms with Crippen molar-refractivity contribution in [3.05, 3.63) is 82.9 Å². The van der Waals surface area contributed by atoms with Gasteiger partial charge in [0.05, 0.1) is 31.0 Å². The zero-order chi connectivity index (χ0) is 21.0. The van der Waals surface area contributed by atoms with Gasteiger partial charge in [-0.05, 0) is 36.8 Å². The van der Waals surface area contributed by atoms with Gasteiger partial charge in [0, 0.05) is 11.3 Å². The Balaban J connectivity index is 1.83. The van der Waals surface area contributed by atoms with E-state index >= 15 is 0 Å². The molecule has 5 rings (SSSR count). The fourth-order valence-electron chi connectivity index (χ4n) is 4.42. The number of nitrogens with zero attached hydrogens (tertiary/aromatic N) is 2. The Bertz CT molecular complexity index is 1200. The van der Waals surface area contributed by atoms with E-state index in [0.717, 1.165) is 11.3 Å². The van der Waals surface area contributed by atoms with Gasteiger partial charge < -0.3 is 9.47 Å². The van der Waals surface area contributed by atoms with Crippen LogP contribution in [0.3, 0.4) is 0 Å². The number of hydrogen-bond donors (Lipinski definition) is 0. The Kier molecular flexibility index (Phi) is 4.03. The number of methoxy groups -OCH3 is 2. The van der Waals surface area contributed by atoms with Crippen LogP contribution in [0.2, 0.25) is 0 Å². The van der Waals surface area contributed by atoms with E-state index in [2.05, 4.69) is 0 Å². The number of fused-ring (bicyclic) bond motifs is 5. The first-order valence-electron chi connectivity index (χ1n) is 9.65. The monoisotopic (exact) mass is 400 g/mol. The van der Waals surface area contributed by atoms with Crippen LogP contribution in [0.15, 0.2) is 60.7 Å². The quantitative estimate of drug-likeness (QED) is 0.657. The van der Waals surface area contributed by atoms with Gasteiger partial charge in [-0.2, -0.15) is 0 Å². The molecule has 0 saturated heterocycles. The van der Waals surface area contributed by atoms with Crippen molar-refractivity contribution in [3.8, 4) is 11.5 Å². The van der Waals surface area contributed by atoms with E-state index in [0.29, 0.717) is 33.9 Å². The van der Waals surface area contributed by atoms with Crippen molar-refractivity contribution in [3.63, 3.8) is 0 Å². The molecule has 6 nitrogen and oxygen atoms in total. The number of ether oxygens (including phenoxy) is 2. The van der Waals surface area contributed by atoms with E-state index < -0.39 is 6.17 Å². The van der Waals surface area contributed by atoms with Crippen molar-refractivity contribution in [2.24, 2.45) is 0 Å². The summed E-state index contributed by atoms with van der Waals surface area (Å²) in [5.74, 6) is 0.497. The molecular formula is C24H20N2O4. The molecule has 3 aromatic carbocycles. The van der Waals surface area contributed by atoms with Crippen LogP contribution >= 0.6 is 0 Å². The molecule has 30 heavy (non-hydrogen) atoms. The number of anilines is 2. The minimum absolute atomic E-state index is 0.142. The smallest absolute Gasteiger partial charge is 0.264 e. The predicted molar refractivity (Wildman–Crippen MR) is 114 cm³/mol. The molecule has 0 N–H and O–H groups in total. The molecule has 2 heterocycles. The van der Waals surface area contributed by atoms with Crippen molar-refractivity contribution in [1.82, 2.24) is 0 Å². The van der Waals surface area contributed by atoms with E-state index in [1.54, 1.807) is 21.9 Å². The van der Waals surface area contributed by atoms with Crippen LogP contribution in [-0.4, -0.2) is 26.0 Å². The molecule has 2 aliphatic rings. The van der Waals surface area contributed by atoms with Gasteiger partial charge in [-0.1, -0.05) is 36.4 Å². The SMILES string of the molecule is COc1ccc2c(c1OC)C(=O)N1c3ccccc3C(=O)N(c3ccccc3C)[C@H]21. The number of hydrogen-bond acceptors (Lipinski definition) is 4. The third-order valence-electron chi connectivity index (χ3n) is 5.77. The molecule has 0 aromatic heterocycles. The van der Waals surface area contributed by atoms with Crippen molar-refractivity contribution >= 4 is 23.2 Å². The van der Waals surface area contributed by atoms with E-state index in [1.165, 1.54) is 14.2 Å². The van der Waals surface area contributed by atoms with E-state index in [4.69, 9.17) is 9.47 Å². The second-order valence-electron chi connectivity index (χ2n) is 7.29. The minimum Gasteiger partial charge on any atom is -0.493 e. The highest BCUT2D eigenvalue weighted by atomic mass is 16.5. The third kappa shape index (κ3) is 2.30. The van der Waals surface area contributed by atoms with Crippen molar-refractivity contribution in [2.75, 3.05) is 24.0 Å². The molecule has 3 aromatic rings. The molecule has 2 amide bonds. The van der Waals surface area contributed by atoms with Gasteiger partial charge in [-0.25, -0.2) is 0 Å². The van der Waals surface area contributed by atoms with Crippen LogP contribution < -0.4 is 19.3 Å². The van der Waals surface area contributed by atoms with E-state index in [-0.39, 0.29) is 11.8 Å². The molecule has 0 aliphatic carbocycles. The summed E-state index contributed by atoms with van der Waals surface area (Å²) in [6, 6.07) is 18.5. The van der Waals surface area contributed by atoms with Gasteiger partial charge in [0.2, 0.25) is 0 Å². The zero-order valence-corrected chi connectivity index (χ0v) is 16.9.